The van der Waals surface area contributed by atoms with Gasteiger partial charge in [0.2, 0.25) is 0 Å². The van der Waals surface area contributed by atoms with Crippen molar-refractivity contribution in [2.45, 2.75) is 75.3 Å². The molecule has 5 rings (SSSR count). The summed E-state index contributed by atoms with van der Waals surface area (Å²) in [5, 5.41) is 7.93. The highest BCUT2D eigenvalue weighted by Gasteiger charge is 2.58. The van der Waals surface area contributed by atoms with E-state index in [1.165, 1.54) is 12.1 Å². The zero-order chi connectivity index (χ0) is 21.1. The van der Waals surface area contributed by atoms with Crippen LogP contribution < -0.4 is 0 Å². The minimum absolute atomic E-state index is 0.0678. The molecule has 0 saturated carbocycles. The highest BCUT2D eigenvalue weighted by Crippen LogP contribution is 2.41. The predicted octanol–water partition coefficient (Wildman–Crippen LogP) is 1.14. The Balaban J connectivity index is 1.47. The molecule has 3 aliphatic rings. The molecule has 1 unspecified atom stereocenters. The average molecular weight is 437 g/mol. The van der Waals surface area contributed by atoms with E-state index in [2.05, 4.69) is 10.3 Å². The molecule has 0 amide bonds. The van der Waals surface area contributed by atoms with Crippen molar-refractivity contribution in [1.82, 2.24) is 15.0 Å². The second-order valence-electron chi connectivity index (χ2n) is 8.15. The minimum Gasteiger partial charge on any atom is -0.366 e. The van der Waals surface area contributed by atoms with E-state index in [0.29, 0.717) is 5.69 Å². The molecule has 30 heavy (non-hydrogen) atoms. The maximum atomic E-state index is 13.0. The van der Waals surface area contributed by atoms with Gasteiger partial charge in [-0.25, -0.2) is 4.68 Å². The third-order valence-corrected chi connectivity index (χ3v) is 6.78. The highest BCUT2D eigenvalue weighted by atomic mass is 32.2. The Kier molecular flexibility index (Phi) is 4.73. The zero-order valence-electron chi connectivity index (χ0n) is 16.8. The fourth-order valence-electron chi connectivity index (χ4n) is 4.00. The molecule has 10 nitrogen and oxygen atoms in total. The second-order valence-corrected chi connectivity index (χ2v) is 9.73. The zero-order valence-corrected chi connectivity index (χ0v) is 17.6. The lowest BCUT2D eigenvalue weighted by Gasteiger charge is -2.32. The Morgan fingerprint density at radius 2 is 1.90 bits per heavy atom. The van der Waals surface area contributed by atoms with E-state index >= 15 is 0 Å². The first-order chi connectivity index (χ1) is 14.2. The number of nitrogens with zero attached hydrogens (tertiary/aromatic N) is 3. The molecular formula is C19H23N3O7S. The monoisotopic (exact) mass is 437 g/mol. The van der Waals surface area contributed by atoms with Crippen LogP contribution in [0, 0.1) is 6.92 Å². The maximum absolute atomic E-state index is 13.0. The molecule has 0 aliphatic carbocycles. The summed E-state index contributed by atoms with van der Waals surface area (Å²) in [4.78, 5) is 0.0678. The molecule has 0 spiro atoms. The van der Waals surface area contributed by atoms with Crippen molar-refractivity contribution in [3.05, 3.63) is 41.7 Å². The summed E-state index contributed by atoms with van der Waals surface area (Å²) < 4.78 is 57.1. The molecule has 0 N–H and O–H groups in total. The van der Waals surface area contributed by atoms with E-state index in [9.17, 15) is 8.42 Å². The molecule has 3 aliphatic heterocycles. The van der Waals surface area contributed by atoms with Crippen LogP contribution in [0.3, 0.4) is 0 Å². The number of hydrogen-bond donors (Lipinski definition) is 0. The number of hydrogen-bond acceptors (Lipinski definition) is 9. The number of fused-ring (bicyclic) bond motifs is 4. The van der Waals surface area contributed by atoms with Crippen LogP contribution in [-0.2, 0) is 46.4 Å². The van der Waals surface area contributed by atoms with Crippen LogP contribution in [0.1, 0.15) is 25.1 Å². The molecule has 4 heterocycles. The van der Waals surface area contributed by atoms with E-state index in [1.807, 2.05) is 6.92 Å². The van der Waals surface area contributed by atoms with Crippen LogP contribution in [0.15, 0.2) is 35.4 Å². The van der Waals surface area contributed by atoms with Crippen LogP contribution >= 0.6 is 0 Å². The standard InChI is InChI=1S/C19H23N3O7S/c1-11-4-6-13(7-5-11)30(23,24)29-14-9-22-12(8-20-21-22)10-25-16-15(14)26-18-17(16)27-19(2,3)28-18/h4-8,14-18H,9-10H2,1-3H3/t14-,15-,16?,17-,18-/m1/s1. The first kappa shape index (κ1) is 20.0. The summed E-state index contributed by atoms with van der Waals surface area (Å²) in [5.41, 5.74) is 1.65. The van der Waals surface area contributed by atoms with Crippen molar-refractivity contribution < 1.29 is 31.5 Å². The highest BCUT2D eigenvalue weighted by molar-refractivity contribution is 7.86. The van der Waals surface area contributed by atoms with Gasteiger partial charge in [0.15, 0.2) is 12.1 Å². The first-order valence-corrected chi connectivity index (χ1v) is 11.1. The third-order valence-electron chi connectivity index (χ3n) is 5.43. The van der Waals surface area contributed by atoms with Gasteiger partial charge in [-0.1, -0.05) is 22.9 Å². The van der Waals surface area contributed by atoms with Crippen molar-refractivity contribution in [2.75, 3.05) is 0 Å². The lowest BCUT2D eigenvalue weighted by atomic mass is 10.0. The van der Waals surface area contributed by atoms with Crippen LogP contribution in [0.25, 0.3) is 0 Å². The van der Waals surface area contributed by atoms with Gasteiger partial charge in [-0.05, 0) is 32.9 Å². The second kappa shape index (κ2) is 7.08. The lowest BCUT2D eigenvalue weighted by Crippen LogP contribution is -2.47. The summed E-state index contributed by atoms with van der Waals surface area (Å²) in [6.45, 7) is 5.84. The van der Waals surface area contributed by atoms with Gasteiger partial charge < -0.3 is 18.9 Å². The number of aromatic nitrogens is 3. The molecule has 2 aromatic rings. The Labute approximate surface area is 174 Å². The van der Waals surface area contributed by atoms with Gasteiger partial charge >= 0.3 is 0 Å². The molecule has 0 bridgehead atoms. The van der Waals surface area contributed by atoms with E-state index in [4.69, 9.17) is 23.1 Å². The SMILES string of the molecule is Cc1ccc(S(=O)(=O)O[C@@H]2Cn3nncc3COC3[C@H]4OC(C)(C)O[C@H]4O[C@@H]32)cc1. The number of ether oxygens (including phenoxy) is 4. The third kappa shape index (κ3) is 3.55. The molecular weight excluding hydrogens is 414 g/mol. The van der Waals surface area contributed by atoms with E-state index in [-0.39, 0.29) is 18.0 Å². The van der Waals surface area contributed by atoms with Crippen molar-refractivity contribution in [3.8, 4) is 0 Å². The van der Waals surface area contributed by atoms with Gasteiger partial charge in [-0.2, -0.15) is 8.42 Å². The normalized spacial score (nSPS) is 32.7. The molecule has 1 aromatic heterocycles. The largest absolute Gasteiger partial charge is 0.366 e. The van der Waals surface area contributed by atoms with Gasteiger partial charge in [-0.15, -0.1) is 5.10 Å². The maximum Gasteiger partial charge on any atom is 0.297 e. The van der Waals surface area contributed by atoms with Crippen molar-refractivity contribution in [2.24, 2.45) is 0 Å². The van der Waals surface area contributed by atoms with Gasteiger partial charge in [-0.3, -0.25) is 4.18 Å². The molecule has 1 aromatic carbocycles. The van der Waals surface area contributed by atoms with Crippen molar-refractivity contribution >= 4 is 10.1 Å². The minimum atomic E-state index is -4.05. The smallest absolute Gasteiger partial charge is 0.297 e. The summed E-state index contributed by atoms with van der Waals surface area (Å²) in [6.07, 6.45) is -1.81. The average Bonchev–Trinajstić information content (AvgIpc) is 3.30. The Morgan fingerprint density at radius 3 is 2.67 bits per heavy atom. The van der Waals surface area contributed by atoms with E-state index in [1.54, 1.807) is 36.9 Å². The molecule has 162 valence electrons. The first-order valence-electron chi connectivity index (χ1n) is 9.72. The Hall–Kier alpha value is -1.89. The molecule has 11 heteroatoms. The summed E-state index contributed by atoms with van der Waals surface area (Å²) in [7, 11) is -4.05. The summed E-state index contributed by atoms with van der Waals surface area (Å²) in [5.74, 6) is -0.820. The van der Waals surface area contributed by atoms with Gasteiger partial charge in [0.1, 0.15) is 24.4 Å². The van der Waals surface area contributed by atoms with Gasteiger partial charge in [0.05, 0.1) is 29.9 Å². The van der Waals surface area contributed by atoms with Gasteiger partial charge in [0, 0.05) is 0 Å². The predicted molar refractivity (Wildman–Crippen MR) is 101 cm³/mol. The van der Waals surface area contributed by atoms with Crippen molar-refractivity contribution in [1.29, 1.82) is 0 Å². The molecule has 0 radical (unpaired) electrons. The van der Waals surface area contributed by atoms with Crippen LogP contribution in [0.5, 0.6) is 0 Å². The molecule has 5 atom stereocenters. The molecule has 2 fully saturated rings. The summed E-state index contributed by atoms with van der Waals surface area (Å²) >= 11 is 0. The fourth-order valence-corrected chi connectivity index (χ4v) is 5.08. The van der Waals surface area contributed by atoms with Crippen LogP contribution in [0.4, 0.5) is 0 Å². The van der Waals surface area contributed by atoms with Crippen LogP contribution in [-0.4, -0.2) is 59.9 Å². The van der Waals surface area contributed by atoms with Crippen molar-refractivity contribution in [3.63, 3.8) is 0 Å². The lowest BCUT2D eigenvalue weighted by molar-refractivity contribution is -0.230. The number of benzene rings is 1. The van der Waals surface area contributed by atoms with E-state index < -0.39 is 46.6 Å². The molecule has 2 saturated heterocycles. The van der Waals surface area contributed by atoms with Crippen LogP contribution in [0.2, 0.25) is 0 Å². The summed E-state index contributed by atoms with van der Waals surface area (Å²) in [6, 6.07) is 6.47. The Bertz CT molecular complexity index is 1040. The number of aryl methyl sites for hydroxylation is 1. The van der Waals surface area contributed by atoms with E-state index in [0.717, 1.165) is 5.56 Å². The number of rotatable bonds is 3. The quantitative estimate of drug-likeness (QED) is 0.653. The topological polar surface area (TPSA) is 111 Å². The Morgan fingerprint density at radius 1 is 1.13 bits per heavy atom. The van der Waals surface area contributed by atoms with Gasteiger partial charge in [0.25, 0.3) is 10.1 Å². The fraction of sp³-hybridized carbons (Fsp3) is 0.579.